The number of ether oxygens (including phenoxy) is 2. The fourth-order valence-corrected chi connectivity index (χ4v) is 2.24. The molecule has 126 valence electrons. The molecule has 0 N–H and O–H groups in total. The highest BCUT2D eigenvalue weighted by atomic mass is 19.4. The number of carbonyl (C=O) groups is 1. The summed E-state index contributed by atoms with van der Waals surface area (Å²) in [6.07, 6.45) is -2.10. The lowest BCUT2D eigenvalue weighted by Gasteiger charge is -2.11. The number of benzene rings is 2. The number of rotatable bonds is 5. The average Bonchev–Trinajstić information content (AvgIpc) is 2.58. The van der Waals surface area contributed by atoms with Crippen LogP contribution in [0.4, 0.5) is 13.2 Å². The molecule has 2 aromatic carbocycles. The summed E-state index contributed by atoms with van der Waals surface area (Å²) in [5.74, 6) is 0.115. The van der Waals surface area contributed by atoms with E-state index in [1.165, 1.54) is 32.4 Å². The van der Waals surface area contributed by atoms with Gasteiger partial charge in [-0.15, -0.1) is 0 Å². The van der Waals surface area contributed by atoms with Crippen molar-refractivity contribution in [2.45, 2.75) is 6.18 Å². The standard InChI is InChI=1S/C18H15F3O3/c1-23-16-9-5-6-12(17(16)24-2)10-11-15(22)13-7-3-4-8-14(13)18(19,20)21/h3-11H,1-2H3/b11-10+. The smallest absolute Gasteiger partial charge is 0.417 e. The fraction of sp³-hybridized carbons (Fsp3) is 0.167. The first kappa shape index (κ1) is 17.6. The lowest BCUT2D eigenvalue weighted by molar-refractivity contribution is -0.137. The van der Waals surface area contributed by atoms with Gasteiger partial charge in [0.1, 0.15) is 0 Å². The van der Waals surface area contributed by atoms with Crippen LogP contribution >= 0.6 is 0 Å². The summed E-state index contributed by atoms with van der Waals surface area (Å²) in [6.45, 7) is 0. The van der Waals surface area contributed by atoms with E-state index in [4.69, 9.17) is 9.47 Å². The molecule has 6 heteroatoms. The summed E-state index contributed by atoms with van der Waals surface area (Å²) in [5, 5.41) is 0. The Bertz CT molecular complexity index is 764. The van der Waals surface area contributed by atoms with Crippen molar-refractivity contribution in [1.29, 1.82) is 0 Å². The van der Waals surface area contributed by atoms with E-state index in [1.807, 2.05) is 0 Å². The number of hydrogen-bond acceptors (Lipinski definition) is 3. The minimum Gasteiger partial charge on any atom is -0.493 e. The van der Waals surface area contributed by atoms with Gasteiger partial charge in [-0.2, -0.15) is 13.2 Å². The SMILES string of the molecule is COc1cccc(/C=C/C(=O)c2ccccc2C(F)(F)F)c1OC. The summed E-state index contributed by atoms with van der Waals surface area (Å²) < 4.78 is 49.3. The second-order valence-electron chi connectivity index (χ2n) is 4.82. The van der Waals surface area contributed by atoms with Gasteiger partial charge in [0.2, 0.25) is 0 Å². The van der Waals surface area contributed by atoms with Gasteiger partial charge in [-0.3, -0.25) is 4.79 Å². The van der Waals surface area contributed by atoms with Crippen LogP contribution in [-0.4, -0.2) is 20.0 Å². The fourth-order valence-electron chi connectivity index (χ4n) is 2.24. The zero-order valence-electron chi connectivity index (χ0n) is 13.1. The minimum atomic E-state index is -4.59. The Morgan fingerprint density at radius 1 is 1.00 bits per heavy atom. The Morgan fingerprint density at radius 3 is 2.33 bits per heavy atom. The van der Waals surface area contributed by atoms with E-state index < -0.39 is 23.1 Å². The van der Waals surface area contributed by atoms with E-state index in [2.05, 4.69) is 0 Å². The predicted octanol–water partition coefficient (Wildman–Crippen LogP) is 4.62. The van der Waals surface area contributed by atoms with Crippen molar-refractivity contribution >= 4 is 11.9 Å². The largest absolute Gasteiger partial charge is 0.493 e. The van der Waals surface area contributed by atoms with Gasteiger partial charge in [0, 0.05) is 11.1 Å². The second-order valence-corrected chi connectivity index (χ2v) is 4.82. The van der Waals surface area contributed by atoms with E-state index in [0.717, 1.165) is 18.2 Å². The van der Waals surface area contributed by atoms with Crippen molar-refractivity contribution in [3.05, 3.63) is 65.2 Å². The molecule has 0 heterocycles. The molecule has 0 amide bonds. The van der Waals surface area contributed by atoms with Gasteiger partial charge in [-0.25, -0.2) is 0 Å². The van der Waals surface area contributed by atoms with E-state index >= 15 is 0 Å². The molecule has 2 rings (SSSR count). The predicted molar refractivity (Wildman–Crippen MR) is 84.4 cm³/mol. The summed E-state index contributed by atoms with van der Waals surface area (Å²) in [4.78, 5) is 12.2. The number of hydrogen-bond donors (Lipinski definition) is 0. The summed E-state index contributed by atoms with van der Waals surface area (Å²) in [5.41, 5.74) is -0.838. The molecule has 0 aliphatic rings. The molecule has 0 spiro atoms. The first-order valence-electron chi connectivity index (χ1n) is 6.98. The van der Waals surface area contributed by atoms with Crippen LogP contribution in [0.2, 0.25) is 0 Å². The maximum atomic E-state index is 13.0. The molecular formula is C18H15F3O3. The molecular weight excluding hydrogens is 321 g/mol. The Labute approximate surface area is 137 Å². The number of carbonyl (C=O) groups excluding carboxylic acids is 1. The maximum Gasteiger partial charge on any atom is 0.417 e. The zero-order valence-corrected chi connectivity index (χ0v) is 13.1. The van der Waals surface area contributed by atoms with Crippen LogP contribution in [0.3, 0.4) is 0 Å². The van der Waals surface area contributed by atoms with Crippen LogP contribution in [-0.2, 0) is 6.18 Å². The third kappa shape index (κ3) is 3.76. The van der Waals surface area contributed by atoms with Crippen LogP contribution in [0.5, 0.6) is 11.5 Å². The quantitative estimate of drug-likeness (QED) is 0.590. The van der Waals surface area contributed by atoms with E-state index in [-0.39, 0.29) is 0 Å². The van der Waals surface area contributed by atoms with Crippen molar-refractivity contribution in [2.24, 2.45) is 0 Å². The number of alkyl halides is 3. The molecule has 0 unspecified atom stereocenters. The summed E-state index contributed by atoms with van der Waals surface area (Å²) >= 11 is 0. The van der Waals surface area contributed by atoms with Gasteiger partial charge in [0.15, 0.2) is 17.3 Å². The lowest BCUT2D eigenvalue weighted by atomic mass is 10.0. The number of allylic oxidation sites excluding steroid dienone is 1. The minimum absolute atomic E-state index is 0.396. The Balaban J connectivity index is 2.37. The van der Waals surface area contributed by atoms with Gasteiger partial charge in [0.05, 0.1) is 19.8 Å². The van der Waals surface area contributed by atoms with Crippen molar-refractivity contribution in [3.63, 3.8) is 0 Å². The third-order valence-electron chi connectivity index (χ3n) is 3.35. The Morgan fingerprint density at radius 2 is 1.71 bits per heavy atom. The summed E-state index contributed by atoms with van der Waals surface area (Å²) in [7, 11) is 2.91. The van der Waals surface area contributed by atoms with E-state index in [9.17, 15) is 18.0 Å². The molecule has 0 aliphatic heterocycles. The van der Waals surface area contributed by atoms with Crippen molar-refractivity contribution < 1.29 is 27.4 Å². The maximum absolute atomic E-state index is 13.0. The first-order chi connectivity index (χ1) is 11.4. The average molecular weight is 336 g/mol. The lowest BCUT2D eigenvalue weighted by Crippen LogP contribution is -2.11. The molecule has 0 fully saturated rings. The van der Waals surface area contributed by atoms with Crippen molar-refractivity contribution in [2.75, 3.05) is 14.2 Å². The van der Waals surface area contributed by atoms with Crippen LogP contribution in [0.1, 0.15) is 21.5 Å². The number of para-hydroxylation sites is 1. The van der Waals surface area contributed by atoms with E-state index in [1.54, 1.807) is 18.2 Å². The summed E-state index contributed by atoms with van der Waals surface area (Å²) in [6, 6.07) is 9.70. The second kappa shape index (κ2) is 7.21. The number of methoxy groups -OCH3 is 2. The third-order valence-corrected chi connectivity index (χ3v) is 3.35. The van der Waals surface area contributed by atoms with Gasteiger partial charge in [-0.1, -0.05) is 30.3 Å². The molecule has 0 aliphatic carbocycles. The monoisotopic (exact) mass is 336 g/mol. The molecule has 3 nitrogen and oxygen atoms in total. The molecule has 0 saturated carbocycles. The molecule has 24 heavy (non-hydrogen) atoms. The highest BCUT2D eigenvalue weighted by molar-refractivity contribution is 6.08. The Hall–Kier alpha value is -2.76. The first-order valence-corrected chi connectivity index (χ1v) is 6.98. The number of halogens is 3. The van der Waals surface area contributed by atoms with Gasteiger partial charge < -0.3 is 9.47 Å². The topological polar surface area (TPSA) is 35.5 Å². The molecule has 0 bridgehead atoms. The molecule has 0 saturated heterocycles. The zero-order chi connectivity index (χ0) is 17.7. The van der Waals surface area contributed by atoms with Crippen LogP contribution in [0, 0.1) is 0 Å². The van der Waals surface area contributed by atoms with Gasteiger partial charge in [0.25, 0.3) is 0 Å². The highest BCUT2D eigenvalue weighted by Crippen LogP contribution is 2.33. The molecule has 0 radical (unpaired) electrons. The van der Waals surface area contributed by atoms with E-state index in [0.29, 0.717) is 17.1 Å². The van der Waals surface area contributed by atoms with Crippen molar-refractivity contribution in [1.82, 2.24) is 0 Å². The Kier molecular flexibility index (Phi) is 5.28. The number of ketones is 1. The van der Waals surface area contributed by atoms with Crippen LogP contribution in [0.15, 0.2) is 48.5 Å². The highest BCUT2D eigenvalue weighted by Gasteiger charge is 2.34. The van der Waals surface area contributed by atoms with Gasteiger partial charge in [-0.05, 0) is 24.3 Å². The molecule has 0 atom stereocenters. The normalized spacial score (nSPS) is 11.5. The van der Waals surface area contributed by atoms with Crippen LogP contribution < -0.4 is 9.47 Å². The van der Waals surface area contributed by atoms with Crippen molar-refractivity contribution in [3.8, 4) is 11.5 Å². The van der Waals surface area contributed by atoms with Gasteiger partial charge >= 0.3 is 6.18 Å². The molecule has 0 aromatic heterocycles. The molecule has 2 aromatic rings. The van der Waals surface area contributed by atoms with Crippen LogP contribution in [0.25, 0.3) is 6.08 Å².